The predicted molar refractivity (Wildman–Crippen MR) is 86.8 cm³/mol. The first-order chi connectivity index (χ1) is 9.54. The van der Waals surface area contributed by atoms with E-state index in [1.165, 1.54) is 0 Å². The minimum atomic E-state index is -0.137. The second-order valence-corrected chi connectivity index (χ2v) is 6.78. The molecule has 2 atom stereocenters. The summed E-state index contributed by atoms with van der Waals surface area (Å²) >= 11 is 3.52. The third-order valence-electron chi connectivity index (χ3n) is 4.06. The van der Waals surface area contributed by atoms with Crippen LogP contribution in [-0.2, 0) is 0 Å². The highest BCUT2D eigenvalue weighted by Crippen LogP contribution is 2.33. The Hall–Kier alpha value is -0.610. The van der Waals surface area contributed by atoms with E-state index >= 15 is 0 Å². The summed E-state index contributed by atoms with van der Waals surface area (Å²) in [5, 5.41) is 3.61. The summed E-state index contributed by atoms with van der Waals surface area (Å²) in [7, 11) is 0. The molecular weight excluding hydrogens is 319 g/mol. The van der Waals surface area contributed by atoms with Gasteiger partial charge in [-0.1, -0.05) is 33.3 Å². The average Bonchev–Trinajstić information content (AvgIpc) is 2.39. The number of nitrogens with zero attached hydrogens (tertiary/aromatic N) is 1. The molecule has 2 rings (SSSR count). The molecule has 1 aromatic rings. The molecular formula is C16H24BrFN2. The predicted octanol–water partition coefficient (Wildman–Crippen LogP) is 4.19. The van der Waals surface area contributed by atoms with Crippen LogP contribution in [0.15, 0.2) is 22.7 Å². The first-order valence-electron chi connectivity index (χ1n) is 7.48. The van der Waals surface area contributed by atoms with Crippen molar-refractivity contribution >= 4 is 21.6 Å². The molecule has 1 heterocycles. The Balaban J connectivity index is 2.31. The van der Waals surface area contributed by atoms with Crippen LogP contribution >= 0.6 is 15.9 Å². The smallest absolute Gasteiger partial charge is 0.147 e. The van der Waals surface area contributed by atoms with Crippen molar-refractivity contribution in [3.05, 3.63) is 28.5 Å². The van der Waals surface area contributed by atoms with Gasteiger partial charge < -0.3 is 10.2 Å². The van der Waals surface area contributed by atoms with Crippen molar-refractivity contribution in [2.45, 2.75) is 45.7 Å². The summed E-state index contributed by atoms with van der Waals surface area (Å²) < 4.78 is 15.1. The average molecular weight is 343 g/mol. The maximum absolute atomic E-state index is 14.3. The fourth-order valence-corrected chi connectivity index (χ4v) is 3.56. The molecule has 1 aromatic carbocycles. The second-order valence-electron chi connectivity index (χ2n) is 5.93. The minimum Gasteiger partial charge on any atom is -0.362 e. The number of anilines is 1. The topological polar surface area (TPSA) is 15.3 Å². The van der Waals surface area contributed by atoms with Crippen LogP contribution in [0.1, 0.15) is 33.6 Å². The van der Waals surface area contributed by atoms with Crippen molar-refractivity contribution in [2.24, 2.45) is 5.92 Å². The number of hydrogen-bond donors (Lipinski definition) is 1. The van der Waals surface area contributed by atoms with Crippen LogP contribution < -0.4 is 10.2 Å². The molecule has 1 saturated heterocycles. The quantitative estimate of drug-likeness (QED) is 0.882. The molecule has 0 radical (unpaired) electrons. The molecule has 1 aliphatic heterocycles. The fraction of sp³-hybridized carbons (Fsp3) is 0.625. The summed E-state index contributed by atoms with van der Waals surface area (Å²) in [5.74, 6) is 0.346. The molecule has 1 fully saturated rings. The van der Waals surface area contributed by atoms with Gasteiger partial charge in [-0.05, 0) is 40.4 Å². The van der Waals surface area contributed by atoms with Gasteiger partial charge in [-0.15, -0.1) is 0 Å². The Labute approximate surface area is 129 Å². The van der Waals surface area contributed by atoms with Crippen LogP contribution in [0.25, 0.3) is 0 Å². The van der Waals surface area contributed by atoms with Gasteiger partial charge in [0.1, 0.15) is 5.82 Å². The number of hydrogen-bond acceptors (Lipinski definition) is 2. The first kappa shape index (κ1) is 15.8. The number of rotatable bonds is 4. The van der Waals surface area contributed by atoms with Crippen LogP contribution in [0.4, 0.5) is 10.1 Å². The summed E-state index contributed by atoms with van der Waals surface area (Å²) in [6.07, 6.45) is 2.28. The SMILES string of the molecule is CCCC1CN(c2c(F)cccc2Br)C(C(C)C)CN1. The van der Waals surface area contributed by atoms with Gasteiger partial charge in [0.15, 0.2) is 0 Å². The molecule has 0 amide bonds. The molecule has 0 aromatic heterocycles. The van der Waals surface area contributed by atoms with Crippen LogP contribution in [0, 0.1) is 11.7 Å². The molecule has 1 N–H and O–H groups in total. The lowest BCUT2D eigenvalue weighted by atomic mass is 9.96. The minimum absolute atomic E-state index is 0.137. The number of benzene rings is 1. The van der Waals surface area contributed by atoms with Crippen LogP contribution in [-0.4, -0.2) is 25.2 Å². The molecule has 0 saturated carbocycles. The summed E-state index contributed by atoms with van der Waals surface area (Å²) in [6, 6.07) is 6.00. The molecule has 0 aliphatic carbocycles. The van der Waals surface area contributed by atoms with Gasteiger partial charge in [0.2, 0.25) is 0 Å². The maximum atomic E-state index is 14.3. The largest absolute Gasteiger partial charge is 0.362 e. The number of para-hydroxylation sites is 1. The van der Waals surface area contributed by atoms with Crippen molar-refractivity contribution in [3.8, 4) is 0 Å². The number of piperazine rings is 1. The van der Waals surface area contributed by atoms with E-state index in [9.17, 15) is 4.39 Å². The molecule has 4 heteroatoms. The zero-order valence-electron chi connectivity index (χ0n) is 12.5. The lowest BCUT2D eigenvalue weighted by Gasteiger charge is -2.44. The van der Waals surface area contributed by atoms with Gasteiger partial charge in [0.05, 0.1) is 5.69 Å². The molecule has 112 valence electrons. The Kier molecular flexibility index (Phi) is 5.44. The van der Waals surface area contributed by atoms with E-state index in [-0.39, 0.29) is 5.82 Å². The van der Waals surface area contributed by atoms with Crippen LogP contribution in [0.3, 0.4) is 0 Å². The summed E-state index contributed by atoms with van der Waals surface area (Å²) in [4.78, 5) is 2.25. The highest BCUT2D eigenvalue weighted by atomic mass is 79.9. The Bertz CT molecular complexity index is 430. The van der Waals surface area contributed by atoms with E-state index in [2.05, 4.69) is 46.9 Å². The van der Waals surface area contributed by atoms with Gasteiger partial charge in [-0.2, -0.15) is 0 Å². The molecule has 2 nitrogen and oxygen atoms in total. The Morgan fingerprint density at radius 3 is 2.80 bits per heavy atom. The van der Waals surface area contributed by atoms with Crippen molar-refractivity contribution < 1.29 is 4.39 Å². The van der Waals surface area contributed by atoms with E-state index < -0.39 is 0 Å². The van der Waals surface area contributed by atoms with Gasteiger partial charge in [-0.3, -0.25) is 0 Å². The standard InChI is InChI=1S/C16H24BrFN2/c1-4-6-12-10-20(15(9-19-12)11(2)3)16-13(17)7-5-8-14(16)18/h5,7-8,11-12,15,19H,4,6,9-10H2,1-3H3. The van der Waals surface area contributed by atoms with Gasteiger partial charge >= 0.3 is 0 Å². The van der Waals surface area contributed by atoms with Crippen molar-refractivity contribution in [1.82, 2.24) is 5.32 Å². The molecule has 0 bridgehead atoms. The summed E-state index contributed by atoms with van der Waals surface area (Å²) in [6.45, 7) is 8.39. The Morgan fingerprint density at radius 2 is 2.20 bits per heavy atom. The third kappa shape index (κ3) is 3.34. The van der Waals surface area contributed by atoms with E-state index in [0.29, 0.717) is 23.7 Å². The normalized spacial score (nSPS) is 23.4. The van der Waals surface area contributed by atoms with Gasteiger partial charge in [-0.25, -0.2) is 4.39 Å². The van der Waals surface area contributed by atoms with E-state index in [0.717, 1.165) is 30.4 Å². The number of nitrogens with one attached hydrogen (secondary N) is 1. The monoisotopic (exact) mass is 342 g/mol. The Morgan fingerprint density at radius 1 is 1.45 bits per heavy atom. The van der Waals surface area contributed by atoms with E-state index in [1.54, 1.807) is 12.1 Å². The zero-order valence-corrected chi connectivity index (χ0v) is 14.1. The maximum Gasteiger partial charge on any atom is 0.147 e. The van der Waals surface area contributed by atoms with E-state index in [4.69, 9.17) is 0 Å². The highest BCUT2D eigenvalue weighted by molar-refractivity contribution is 9.10. The lowest BCUT2D eigenvalue weighted by molar-refractivity contribution is 0.324. The molecule has 0 spiro atoms. The van der Waals surface area contributed by atoms with E-state index in [1.807, 2.05) is 6.07 Å². The van der Waals surface area contributed by atoms with Crippen LogP contribution in [0.2, 0.25) is 0 Å². The van der Waals surface area contributed by atoms with Gasteiger partial charge in [0.25, 0.3) is 0 Å². The summed E-state index contributed by atoms with van der Waals surface area (Å²) in [5.41, 5.74) is 0.716. The third-order valence-corrected chi connectivity index (χ3v) is 4.70. The molecule has 2 unspecified atom stereocenters. The van der Waals surface area contributed by atoms with Crippen molar-refractivity contribution in [2.75, 3.05) is 18.0 Å². The van der Waals surface area contributed by atoms with Gasteiger partial charge in [0, 0.05) is 29.6 Å². The fourth-order valence-electron chi connectivity index (χ4n) is 2.99. The number of halogens is 2. The molecule has 20 heavy (non-hydrogen) atoms. The lowest BCUT2D eigenvalue weighted by Crippen LogP contribution is -2.58. The zero-order chi connectivity index (χ0) is 14.7. The first-order valence-corrected chi connectivity index (χ1v) is 8.28. The second kappa shape index (κ2) is 6.90. The van der Waals surface area contributed by atoms with Crippen molar-refractivity contribution in [3.63, 3.8) is 0 Å². The highest BCUT2D eigenvalue weighted by Gasteiger charge is 2.32. The molecule has 1 aliphatic rings. The van der Waals surface area contributed by atoms with Crippen molar-refractivity contribution in [1.29, 1.82) is 0 Å². The van der Waals surface area contributed by atoms with Crippen LogP contribution in [0.5, 0.6) is 0 Å².